The van der Waals surface area contributed by atoms with E-state index in [1.807, 2.05) is 78.9 Å². The molecule has 0 aromatic heterocycles. The van der Waals surface area contributed by atoms with Crippen LogP contribution in [-0.4, -0.2) is 13.1 Å². The summed E-state index contributed by atoms with van der Waals surface area (Å²) in [6.45, 7) is 1.39. The van der Waals surface area contributed by atoms with Crippen molar-refractivity contribution >= 4 is 16.7 Å². The van der Waals surface area contributed by atoms with Crippen molar-refractivity contribution in [2.75, 3.05) is 7.11 Å². The van der Waals surface area contributed by atoms with Gasteiger partial charge in [0.05, 0.1) is 7.11 Å². The maximum Gasteiger partial charge on any atom is 0.308 e. The molecule has 4 aromatic carbocycles. The maximum atomic E-state index is 11.1. The number of esters is 1. The lowest BCUT2D eigenvalue weighted by Crippen LogP contribution is -2.00. The molecule has 0 N–H and O–H groups in total. The van der Waals surface area contributed by atoms with Gasteiger partial charge in [-0.1, -0.05) is 36.4 Å². The largest absolute Gasteiger partial charge is 0.497 e. The van der Waals surface area contributed by atoms with Crippen LogP contribution >= 0.6 is 0 Å². The first-order chi connectivity index (χ1) is 14.1. The Hall–Kier alpha value is -3.79. The van der Waals surface area contributed by atoms with E-state index in [2.05, 4.69) is 0 Å². The van der Waals surface area contributed by atoms with Crippen molar-refractivity contribution in [2.24, 2.45) is 0 Å². The van der Waals surface area contributed by atoms with Crippen molar-refractivity contribution in [3.63, 3.8) is 0 Å². The van der Waals surface area contributed by atoms with Gasteiger partial charge in [-0.25, -0.2) is 0 Å². The summed E-state index contributed by atoms with van der Waals surface area (Å²) >= 11 is 0. The molecule has 0 radical (unpaired) electrons. The summed E-state index contributed by atoms with van der Waals surface area (Å²) < 4.78 is 16.3. The van der Waals surface area contributed by atoms with E-state index >= 15 is 0 Å². The van der Waals surface area contributed by atoms with Crippen LogP contribution in [0.3, 0.4) is 0 Å². The van der Waals surface area contributed by atoms with Crippen molar-refractivity contribution < 1.29 is 19.0 Å². The smallest absolute Gasteiger partial charge is 0.308 e. The zero-order valence-electron chi connectivity index (χ0n) is 16.2. The van der Waals surface area contributed by atoms with Crippen LogP contribution in [0.1, 0.15) is 6.92 Å². The normalized spacial score (nSPS) is 10.6. The highest BCUT2D eigenvalue weighted by molar-refractivity contribution is 5.86. The Morgan fingerprint density at radius 3 is 1.66 bits per heavy atom. The van der Waals surface area contributed by atoms with E-state index in [0.29, 0.717) is 5.75 Å². The number of fused-ring (bicyclic) bond motifs is 1. The average Bonchev–Trinajstić information content (AvgIpc) is 2.74. The molecular formula is C25H20O4. The third kappa shape index (κ3) is 4.38. The summed E-state index contributed by atoms with van der Waals surface area (Å²) in [4.78, 5) is 11.1. The second kappa shape index (κ2) is 8.07. The number of methoxy groups -OCH3 is 1. The van der Waals surface area contributed by atoms with E-state index in [0.717, 1.165) is 39.1 Å². The summed E-state index contributed by atoms with van der Waals surface area (Å²) in [5.74, 6) is 2.55. The molecule has 0 bridgehead atoms. The van der Waals surface area contributed by atoms with Gasteiger partial charge in [-0.15, -0.1) is 0 Å². The number of hydrogen-bond donors (Lipinski definition) is 0. The molecule has 0 heterocycles. The molecule has 0 amide bonds. The Morgan fingerprint density at radius 2 is 1.10 bits per heavy atom. The van der Waals surface area contributed by atoms with Gasteiger partial charge in [-0.2, -0.15) is 0 Å². The van der Waals surface area contributed by atoms with Gasteiger partial charge >= 0.3 is 5.97 Å². The highest BCUT2D eigenvalue weighted by Crippen LogP contribution is 2.30. The second-order valence-electron chi connectivity index (χ2n) is 6.62. The molecule has 4 heteroatoms. The van der Waals surface area contributed by atoms with Crippen molar-refractivity contribution in [1.82, 2.24) is 0 Å². The average molecular weight is 384 g/mol. The van der Waals surface area contributed by atoms with Crippen LogP contribution in [0.25, 0.3) is 21.9 Å². The lowest BCUT2D eigenvalue weighted by molar-refractivity contribution is -0.131. The van der Waals surface area contributed by atoms with E-state index in [1.165, 1.54) is 6.92 Å². The monoisotopic (exact) mass is 384 g/mol. The molecule has 0 saturated carbocycles. The SMILES string of the molecule is COc1ccc(-c2ccc(Oc3ccc4cc(OC(C)=O)ccc4c3)cc2)cc1. The molecule has 0 aliphatic heterocycles. The molecule has 0 saturated heterocycles. The van der Waals surface area contributed by atoms with Gasteiger partial charge in [0.25, 0.3) is 0 Å². The van der Waals surface area contributed by atoms with Crippen LogP contribution in [0.4, 0.5) is 0 Å². The van der Waals surface area contributed by atoms with Gasteiger partial charge in [-0.05, 0) is 70.4 Å². The summed E-state index contributed by atoms with van der Waals surface area (Å²) in [7, 11) is 1.66. The molecule has 0 unspecified atom stereocenters. The fourth-order valence-corrected chi connectivity index (χ4v) is 3.13. The topological polar surface area (TPSA) is 44.8 Å². The van der Waals surface area contributed by atoms with Crippen LogP contribution in [0.2, 0.25) is 0 Å². The third-order valence-corrected chi connectivity index (χ3v) is 4.56. The molecule has 0 fully saturated rings. The Morgan fingerprint density at radius 1 is 0.621 bits per heavy atom. The summed E-state index contributed by atoms with van der Waals surface area (Å²) in [6.07, 6.45) is 0. The van der Waals surface area contributed by atoms with Gasteiger partial charge in [-0.3, -0.25) is 4.79 Å². The van der Waals surface area contributed by atoms with Crippen LogP contribution < -0.4 is 14.2 Å². The summed E-state index contributed by atoms with van der Waals surface area (Å²) in [5, 5.41) is 1.99. The highest BCUT2D eigenvalue weighted by atomic mass is 16.5. The predicted octanol–water partition coefficient (Wildman–Crippen LogP) is 6.23. The van der Waals surface area contributed by atoms with Crippen molar-refractivity contribution in [3.05, 3.63) is 84.9 Å². The first kappa shape index (κ1) is 18.6. The number of carbonyl (C=O) groups excluding carboxylic acids is 1. The number of rotatable bonds is 5. The maximum absolute atomic E-state index is 11.1. The first-order valence-electron chi connectivity index (χ1n) is 9.25. The zero-order valence-corrected chi connectivity index (χ0v) is 16.2. The molecule has 4 rings (SSSR count). The molecule has 0 aliphatic carbocycles. The number of hydrogen-bond acceptors (Lipinski definition) is 4. The lowest BCUT2D eigenvalue weighted by Gasteiger charge is -2.09. The minimum absolute atomic E-state index is 0.331. The molecule has 4 nitrogen and oxygen atoms in total. The Balaban J connectivity index is 1.50. The third-order valence-electron chi connectivity index (χ3n) is 4.56. The van der Waals surface area contributed by atoms with Crippen LogP contribution in [0.15, 0.2) is 84.9 Å². The van der Waals surface area contributed by atoms with Gasteiger partial charge in [0.1, 0.15) is 23.0 Å². The van der Waals surface area contributed by atoms with E-state index in [1.54, 1.807) is 13.2 Å². The van der Waals surface area contributed by atoms with E-state index in [9.17, 15) is 4.79 Å². The van der Waals surface area contributed by atoms with Crippen LogP contribution in [0.5, 0.6) is 23.0 Å². The molecule has 0 aliphatic rings. The summed E-state index contributed by atoms with van der Waals surface area (Å²) in [6, 6.07) is 27.3. The minimum Gasteiger partial charge on any atom is -0.497 e. The van der Waals surface area contributed by atoms with E-state index in [4.69, 9.17) is 14.2 Å². The fourth-order valence-electron chi connectivity index (χ4n) is 3.13. The quantitative estimate of drug-likeness (QED) is 0.302. The molecular weight excluding hydrogens is 364 g/mol. The van der Waals surface area contributed by atoms with Gasteiger partial charge < -0.3 is 14.2 Å². The van der Waals surface area contributed by atoms with E-state index in [-0.39, 0.29) is 5.97 Å². The highest BCUT2D eigenvalue weighted by Gasteiger charge is 2.04. The number of benzene rings is 4. The zero-order chi connectivity index (χ0) is 20.2. The van der Waals surface area contributed by atoms with Gasteiger partial charge in [0, 0.05) is 6.92 Å². The van der Waals surface area contributed by atoms with E-state index < -0.39 is 0 Å². The van der Waals surface area contributed by atoms with Crippen LogP contribution in [-0.2, 0) is 4.79 Å². The number of carbonyl (C=O) groups is 1. The van der Waals surface area contributed by atoms with Crippen molar-refractivity contribution in [3.8, 4) is 34.1 Å². The molecule has 29 heavy (non-hydrogen) atoms. The van der Waals surface area contributed by atoms with Gasteiger partial charge in [0.15, 0.2) is 0 Å². The first-order valence-corrected chi connectivity index (χ1v) is 9.25. The standard InChI is InChI=1S/C25H20O4/c1-17(26)28-24-13-7-21-16-25(14-8-20(21)15-24)29-23-11-5-19(6-12-23)18-3-9-22(27-2)10-4-18/h3-16H,1-2H3. The van der Waals surface area contributed by atoms with Crippen LogP contribution in [0, 0.1) is 0 Å². The predicted molar refractivity (Wildman–Crippen MR) is 114 cm³/mol. The molecule has 4 aromatic rings. The molecule has 0 spiro atoms. The second-order valence-corrected chi connectivity index (χ2v) is 6.62. The Bertz CT molecular complexity index is 1150. The van der Waals surface area contributed by atoms with Crippen molar-refractivity contribution in [2.45, 2.75) is 6.92 Å². The Labute approximate surface area is 169 Å². The number of ether oxygens (including phenoxy) is 3. The Kier molecular flexibility index (Phi) is 5.16. The molecule has 144 valence electrons. The lowest BCUT2D eigenvalue weighted by atomic mass is 10.1. The van der Waals surface area contributed by atoms with Gasteiger partial charge in [0.2, 0.25) is 0 Å². The summed E-state index contributed by atoms with van der Waals surface area (Å²) in [5.41, 5.74) is 2.23. The minimum atomic E-state index is -0.331. The molecule has 0 atom stereocenters. The van der Waals surface area contributed by atoms with Crippen molar-refractivity contribution in [1.29, 1.82) is 0 Å². The fraction of sp³-hybridized carbons (Fsp3) is 0.0800.